The van der Waals surface area contributed by atoms with Gasteiger partial charge in [0.05, 0.1) is 7.11 Å². The van der Waals surface area contributed by atoms with Crippen LogP contribution < -0.4 is 4.74 Å². The minimum Gasteiger partial charge on any atom is -0.497 e. The standard InChI is InChI=1S/C16H23ClO/c1-3-4-12-5-7-13(8-6-12)15-10-9-14(18-2)11-16(15)17/h9-13H,3-8H2,1-2H3. The number of hydrogen-bond donors (Lipinski definition) is 0. The van der Waals surface area contributed by atoms with E-state index < -0.39 is 0 Å². The van der Waals surface area contributed by atoms with E-state index in [1.165, 1.54) is 44.1 Å². The number of benzene rings is 1. The van der Waals surface area contributed by atoms with Gasteiger partial charge in [0.25, 0.3) is 0 Å². The van der Waals surface area contributed by atoms with Crippen molar-refractivity contribution in [3.8, 4) is 5.75 Å². The SMILES string of the molecule is CCCC1CCC(c2ccc(OC)cc2Cl)CC1. The van der Waals surface area contributed by atoms with E-state index in [0.29, 0.717) is 5.92 Å². The molecule has 1 aliphatic rings. The van der Waals surface area contributed by atoms with Crippen LogP contribution in [0, 0.1) is 5.92 Å². The molecule has 0 N–H and O–H groups in total. The molecule has 0 amide bonds. The summed E-state index contributed by atoms with van der Waals surface area (Å²) < 4.78 is 5.20. The van der Waals surface area contributed by atoms with Crippen LogP contribution in [0.15, 0.2) is 18.2 Å². The minimum atomic E-state index is 0.650. The van der Waals surface area contributed by atoms with Crippen LogP contribution in [0.4, 0.5) is 0 Å². The van der Waals surface area contributed by atoms with Gasteiger partial charge in [-0.05, 0) is 55.2 Å². The maximum Gasteiger partial charge on any atom is 0.120 e. The fourth-order valence-corrected chi connectivity index (χ4v) is 3.46. The third kappa shape index (κ3) is 3.20. The number of rotatable bonds is 4. The Balaban J connectivity index is 2.01. The van der Waals surface area contributed by atoms with Crippen molar-refractivity contribution in [3.05, 3.63) is 28.8 Å². The highest BCUT2D eigenvalue weighted by Crippen LogP contribution is 2.40. The maximum absolute atomic E-state index is 6.36. The Hall–Kier alpha value is -0.690. The first-order valence-electron chi connectivity index (χ1n) is 7.08. The summed E-state index contributed by atoms with van der Waals surface area (Å²) in [5.74, 6) is 2.45. The molecule has 0 spiro atoms. The Labute approximate surface area is 115 Å². The lowest BCUT2D eigenvalue weighted by molar-refractivity contribution is 0.308. The highest BCUT2D eigenvalue weighted by molar-refractivity contribution is 6.31. The summed E-state index contributed by atoms with van der Waals surface area (Å²) in [6.07, 6.45) is 8.01. The van der Waals surface area contributed by atoms with Gasteiger partial charge in [-0.25, -0.2) is 0 Å². The van der Waals surface area contributed by atoms with E-state index in [1.807, 2.05) is 12.1 Å². The van der Waals surface area contributed by atoms with E-state index >= 15 is 0 Å². The van der Waals surface area contributed by atoms with Crippen molar-refractivity contribution in [2.45, 2.75) is 51.4 Å². The summed E-state index contributed by atoms with van der Waals surface area (Å²) in [4.78, 5) is 0. The van der Waals surface area contributed by atoms with Gasteiger partial charge in [-0.15, -0.1) is 0 Å². The lowest BCUT2D eigenvalue weighted by Gasteiger charge is -2.29. The smallest absolute Gasteiger partial charge is 0.120 e. The summed E-state index contributed by atoms with van der Waals surface area (Å²) in [7, 11) is 1.68. The molecule has 2 rings (SSSR count). The van der Waals surface area contributed by atoms with Crippen molar-refractivity contribution in [1.82, 2.24) is 0 Å². The zero-order valence-electron chi connectivity index (χ0n) is 11.4. The van der Waals surface area contributed by atoms with E-state index in [2.05, 4.69) is 13.0 Å². The number of hydrogen-bond acceptors (Lipinski definition) is 1. The van der Waals surface area contributed by atoms with Gasteiger partial charge in [-0.1, -0.05) is 37.4 Å². The van der Waals surface area contributed by atoms with Gasteiger partial charge in [-0.3, -0.25) is 0 Å². The fourth-order valence-electron chi connectivity index (χ4n) is 3.14. The average molecular weight is 267 g/mol. The zero-order valence-corrected chi connectivity index (χ0v) is 12.2. The predicted octanol–water partition coefficient (Wildman–Crippen LogP) is 5.42. The van der Waals surface area contributed by atoms with Gasteiger partial charge in [-0.2, -0.15) is 0 Å². The monoisotopic (exact) mass is 266 g/mol. The molecular formula is C16H23ClO. The molecule has 0 heterocycles. The third-order valence-electron chi connectivity index (χ3n) is 4.19. The second-order valence-electron chi connectivity index (χ2n) is 5.39. The van der Waals surface area contributed by atoms with Gasteiger partial charge in [0, 0.05) is 5.02 Å². The molecule has 0 radical (unpaired) electrons. The molecule has 0 saturated heterocycles. The van der Waals surface area contributed by atoms with Gasteiger partial charge in [0.2, 0.25) is 0 Å². The van der Waals surface area contributed by atoms with Crippen molar-refractivity contribution in [2.24, 2.45) is 5.92 Å². The Morgan fingerprint density at radius 3 is 2.50 bits per heavy atom. The molecule has 1 aliphatic carbocycles. The molecule has 0 unspecified atom stereocenters. The molecule has 2 heteroatoms. The van der Waals surface area contributed by atoms with Gasteiger partial charge in [0.15, 0.2) is 0 Å². The maximum atomic E-state index is 6.36. The van der Waals surface area contributed by atoms with E-state index in [0.717, 1.165) is 16.7 Å². The highest BCUT2D eigenvalue weighted by Gasteiger charge is 2.23. The Bertz CT molecular complexity index is 381. The summed E-state index contributed by atoms with van der Waals surface area (Å²) in [5, 5.41) is 0.869. The average Bonchev–Trinajstić information content (AvgIpc) is 2.40. The zero-order chi connectivity index (χ0) is 13.0. The van der Waals surface area contributed by atoms with Crippen molar-refractivity contribution in [1.29, 1.82) is 0 Å². The number of methoxy groups -OCH3 is 1. The molecule has 1 fully saturated rings. The molecule has 0 atom stereocenters. The quantitative estimate of drug-likeness (QED) is 0.707. The minimum absolute atomic E-state index is 0.650. The van der Waals surface area contributed by atoms with Crippen molar-refractivity contribution >= 4 is 11.6 Å². The van der Waals surface area contributed by atoms with Crippen molar-refractivity contribution in [2.75, 3.05) is 7.11 Å². The predicted molar refractivity (Wildman–Crippen MR) is 77.6 cm³/mol. The summed E-state index contributed by atoms with van der Waals surface area (Å²) in [6, 6.07) is 6.11. The van der Waals surface area contributed by atoms with Crippen LogP contribution in [0.1, 0.15) is 56.9 Å². The van der Waals surface area contributed by atoms with Crippen LogP contribution >= 0.6 is 11.6 Å². The van der Waals surface area contributed by atoms with Crippen LogP contribution in [0.2, 0.25) is 5.02 Å². The van der Waals surface area contributed by atoms with Gasteiger partial charge in [0.1, 0.15) is 5.75 Å². The van der Waals surface area contributed by atoms with Crippen LogP contribution in [0.25, 0.3) is 0 Å². The Morgan fingerprint density at radius 2 is 1.94 bits per heavy atom. The summed E-state index contributed by atoms with van der Waals surface area (Å²) in [6.45, 7) is 2.28. The molecule has 18 heavy (non-hydrogen) atoms. The van der Waals surface area contributed by atoms with Crippen LogP contribution in [0.3, 0.4) is 0 Å². The van der Waals surface area contributed by atoms with E-state index in [9.17, 15) is 0 Å². The first kappa shape index (κ1) is 13.7. The van der Waals surface area contributed by atoms with Crippen LogP contribution in [-0.2, 0) is 0 Å². The molecule has 1 aromatic rings. The topological polar surface area (TPSA) is 9.23 Å². The summed E-state index contributed by atoms with van der Waals surface area (Å²) >= 11 is 6.36. The first-order valence-corrected chi connectivity index (χ1v) is 7.45. The first-order chi connectivity index (χ1) is 8.74. The van der Waals surface area contributed by atoms with Crippen molar-refractivity contribution in [3.63, 3.8) is 0 Å². The highest BCUT2D eigenvalue weighted by atomic mass is 35.5. The lowest BCUT2D eigenvalue weighted by atomic mass is 9.77. The van der Waals surface area contributed by atoms with Crippen LogP contribution in [-0.4, -0.2) is 7.11 Å². The van der Waals surface area contributed by atoms with Crippen LogP contribution in [0.5, 0.6) is 5.75 Å². The molecule has 0 bridgehead atoms. The number of ether oxygens (including phenoxy) is 1. The van der Waals surface area contributed by atoms with Gasteiger partial charge >= 0.3 is 0 Å². The normalized spacial score (nSPS) is 23.9. The second kappa shape index (κ2) is 6.47. The summed E-state index contributed by atoms with van der Waals surface area (Å²) in [5.41, 5.74) is 1.31. The Morgan fingerprint density at radius 1 is 1.22 bits per heavy atom. The Kier molecular flexibility index (Phi) is 4.94. The van der Waals surface area contributed by atoms with E-state index in [4.69, 9.17) is 16.3 Å². The molecule has 1 aromatic carbocycles. The molecule has 1 nitrogen and oxygen atoms in total. The second-order valence-corrected chi connectivity index (χ2v) is 5.80. The van der Waals surface area contributed by atoms with E-state index in [1.54, 1.807) is 7.11 Å². The third-order valence-corrected chi connectivity index (χ3v) is 4.52. The van der Waals surface area contributed by atoms with Crippen molar-refractivity contribution < 1.29 is 4.74 Å². The molecular weight excluding hydrogens is 244 g/mol. The van der Waals surface area contributed by atoms with E-state index in [-0.39, 0.29) is 0 Å². The molecule has 100 valence electrons. The largest absolute Gasteiger partial charge is 0.497 e. The molecule has 0 aromatic heterocycles. The lowest BCUT2D eigenvalue weighted by Crippen LogP contribution is -2.13. The molecule has 0 aliphatic heterocycles. The molecule has 1 saturated carbocycles. The van der Waals surface area contributed by atoms with Gasteiger partial charge < -0.3 is 4.74 Å². The number of halogens is 1. The fraction of sp³-hybridized carbons (Fsp3) is 0.625.